The highest BCUT2D eigenvalue weighted by atomic mass is 19.3. The highest BCUT2D eigenvalue weighted by Crippen LogP contribution is 2.23. The maximum Gasteiger partial charge on any atom is 0.405 e. The van der Waals surface area contributed by atoms with E-state index in [9.17, 15) is 18.0 Å². The number of nitrogens with zero attached hydrogens (tertiary/aromatic N) is 5. The van der Waals surface area contributed by atoms with Crippen molar-refractivity contribution in [3.05, 3.63) is 53.9 Å². The highest BCUT2D eigenvalue weighted by molar-refractivity contribution is 5.64. The molecule has 2 heterocycles. The number of alkyl halides is 2. The van der Waals surface area contributed by atoms with E-state index in [0.717, 1.165) is 12.1 Å². The van der Waals surface area contributed by atoms with E-state index in [-0.39, 0.29) is 18.3 Å². The van der Waals surface area contributed by atoms with E-state index in [0.29, 0.717) is 11.4 Å². The van der Waals surface area contributed by atoms with Crippen molar-refractivity contribution in [1.29, 1.82) is 0 Å². The quantitative estimate of drug-likeness (QED) is 0.584. The van der Waals surface area contributed by atoms with Crippen molar-refractivity contribution in [2.24, 2.45) is 5.73 Å². The van der Waals surface area contributed by atoms with Gasteiger partial charge in [-0.3, -0.25) is 0 Å². The van der Waals surface area contributed by atoms with Crippen molar-refractivity contribution in [3.8, 4) is 17.4 Å². The number of hydrogen-bond acceptors (Lipinski definition) is 8. The molecule has 0 aliphatic carbocycles. The van der Waals surface area contributed by atoms with Crippen LogP contribution in [0.2, 0.25) is 0 Å². The minimum atomic E-state index is -3.17. The Bertz CT molecular complexity index is 1030. The average Bonchev–Trinajstić information content (AvgIpc) is 3.16. The number of nitrogens with two attached hydrogens (primary N) is 1. The molecule has 0 saturated heterocycles. The predicted octanol–water partition coefficient (Wildman–Crippen LogP) is 2.53. The van der Waals surface area contributed by atoms with Gasteiger partial charge < -0.3 is 19.9 Å². The van der Waals surface area contributed by atoms with Crippen LogP contribution in [0.5, 0.6) is 11.8 Å². The summed E-state index contributed by atoms with van der Waals surface area (Å²) in [6.07, 6.45) is 1.22. The Hall–Kier alpha value is -3.90. The molecule has 0 saturated carbocycles. The number of rotatable bonds is 8. The van der Waals surface area contributed by atoms with Crippen LogP contribution in [0, 0.1) is 5.82 Å². The average molecular weight is 424 g/mol. The normalized spacial score (nSPS) is 11.9. The molecule has 0 aliphatic rings. The van der Waals surface area contributed by atoms with E-state index in [2.05, 4.69) is 25.0 Å². The number of carbonyl (C=O) groups excluding carboxylic acids is 1. The Morgan fingerprint density at radius 2 is 2.10 bits per heavy atom. The lowest BCUT2D eigenvalue weighted by Gasteiger charge is -2.11. The zero-order valence-electron chi connectivity index (χ0n) is 15.4. The van der Waals surface area contributed by atoms with Gasteiger partial charge in [-0.25, -0.2) is 18.9 Å². The van der Waals surface area contributed by atoms with Gasteiger partial charge in [-0.1, -0.05) is 5.21 Å². The van der Waals surface area contributed by atoms with Crippen LogP contribution in [0.1, 0.15) is 24.4 Å². The lowest BCUT2D eigenvalue weighted by atomic mass is 10.3. The fourth-order valence-corrected chi connectivity index (χ4v) is 2.33. The Kier molecular flexibility index (Phi) is 6.29. The number of aromatic nitrogens is 5. The molecule has 30 heavy (non-hydrogen) atoms. The topological polar surface area (TPSA) is 127 Å². The molecule has 13 heteroatoms. The van der Waals surface area contributed by atoms with Crippen LogP contribution in [-0.4, -0.2) is 37.7 Å². The Morgan fingerprint density at radius 3 is 2.83 bits per heavy atom. The number of hydrogen-bond donors (Lipinski definition) is 1. The number of ether oxygens (including phenoxy) is 3. The summed E-state index contributed by atoms with van der Waals surface area (Å²) >= 11 is 0. The van der Waals surface area contributed by atoms with Crippen molar-refractivity contribution in [2.75, 3.05) is 0 Å². The summed E-state index contributed by atoms with van der Waals surface area (Å²) in [4.78, 5) is 18.9. The lowest BCUT2D eigenvalue weighted by Crippen LogP contribution is -2.16. The van der Waals surface area contributed by atoms with E-state index >= 15 is 0 Å². The van der Waals surface area contributed by atoms with Crippen molar-refractivity contribution in [1.82, 2.24) is 25.0 Å². The number of halogens is 3. The van der Waals surface area contributed by atoms with Gasteiger partial charge in [-0.05, 0) is 25.1 Å². The third kappa shape index (κ3) is 5.33. The van der Waals surface area contributed by atoms with Crippen LogP contribution in [0.3, 0.4) is 0 Å². The summed E-state index contributed by atoms with van der Waals surface area (Å²) in [6.45, 7) is -1.66. The molecule has 1 unspecified atom stereocenters. The van der Waals surface area contributed by atoms with Gasteiger partial charge in [0, 0.05) is 12.3 Å². The minimum absolute atomic E-state index is 0.00336. The summed E-state index contributed by atoms with van der Waals surface area (Å²) in [5.74, 6) is -1.55. The number of benzene rings is 1. The zero-order chi connectivity index (χ0) is 21.7. The second kappa shape index (κ2) is 9.07. The van der Waals surface area contributed by atoms with Crippen LogP contribution in [-0.2, 0) is 11.3 Å². The first kappa shape index (κ1) is 20.8. The van der Waals surface area contributed by atoms with Gasteiger partial charge in [0.05, 0.1) is 17.6 Å². The molecule has 0 bridgehead atoms. The van der Waals surface area contributed by atoms with Crippen LogP contribution in [0.15, 0.2) is 36.7 Å². The Balaban J connectivity index is 1.67. The SMILES string of the molecule is CC(OC(N)=O)c1ccnc(OCc2cn(-c3ccc(F)c(OC(F)F)c3)nn2)n1. The van der Waals surface area contributed by atoms with Crippen molar-refractivity contribution >= 4 is 6.09 Å². The Labute approximate surface area is 167 Å². The summed E-state index contributed by atoms with van der Waals surface area (Å²) in [7, 11) is 0. The van der Waals surface area contributed by atoms with Crippen LogP contribution >= 0.6 is 0 Å². The molecular formula is C17H15F3N6O4. The standard InChI is InChI=1S/C17H15F3N6O4/c1-9(29-16(21)27)13-4-5-22-17(23-13)28-8-10-7-26(25-24-10)11-2-3-12(18)14(6-11)30-15(19)20/h2-7,9,15H,8H2,1H3,(H2,21,27). The van der Waals surface area contributed by atoms with Gasteiger partial charge >= 0.3 is 18.7 Å². The monoisotopic (exact) mass is 424 g/mol. The van der Waals surface area contributed by atoms with Crippen LogP contribution in [0.4, 0.5) is 18.0 Å². The van der Waals surface area contributed by atoms with E-state index in [1.807, 2.05) is 0 Å². The largest absolute Gasteiger partial charge is 0.457 e. The molecule has 3 aromatic rings. The number of carbonyl (C=O) groups is 1. The Morgan fingerprint density at radius 1 is 1.30 bits per heavy atom. The van der Waals surface area contributed by atoms with E-state index in [1.165, 1.54) is 29.2 Å². The molecule has 0 fully saturated rings. The van der Waals surface area contributed by atoms with Gasteiger partial charge in [0.25, 0.3) is 0 Å². The van der Waals surface area contributed by atoms with Crippen molar-refractivity contribution in [3.63, 3.8) is 0 Å². The summed E-state index contributed by atoms with van der Waals surface area (Å²) < 4.78 is 53.9. The molecule has 1 amide bonds. The second-order valence-corrected chi connectivity index (χ2v) is 5.78. The van der Waals surface area contributed by atoms with Gasteiger partial charge in [-0.15, -0.1) is 5.10 Å². The first-order valence-corrected chi connectivity index (χ1v) is 8.39. The first-order valence-electron chi connectivity index (χ1n) is 8.39. The predicted molar refractivity (Wildman–Crippen MR) is 93.4 cm³/mol. The maximum atomic E-state index is 13.5. The molecule has 3 rings (SSSR count). The number of primary amides is 1. The van der Waals surface area contributed by atoms with Crippen LogP contribution < -0.4 is 15.2 Å². The lowest BCUT2D eigenvalue weighted by molar-refractivity contribution is -0.0521. The third-order valence-electron chi connectivity index (χ3n) is 3.65. The molecule has 0 radical (unpaired) electrons. The molecule has 1 atom stereocenters. The summed E-state index contributed by atoms with van der Waals surface area (Å²) in [5.41, 5.74) is 5.96. The van der Waals surface area contributed by atoms with Gasteiger partial charge in [0.15, 0.2) is 11.6 Å². The minimum Gasteiger partial charge on any atom is -0.457 e. The zero-order valence-corrected chi connectivity index (χ0v) is 15.4. The molecule has 0 spiro atoms. The van der Waals surface area contributed by atoms with Gasteiger partial charge in [0.2, 0.25) is 0 Å². The van der Waals surface area contributed by atoms with Gasteiger partial charge in [0.1, 0.15) is 18.4 Å². The molecule has 0 aliphatic heterocycles. The highest BCUT2D eigenvalue weighted by Gasteiger charge is 2.14. The molecule has 2 N–H and O–H groups in total. The molecule has 1 aromatic carbocycles. The van der Waals surface area contributed by atoms with E-state index in [1.54, 1.807) is 6.92 Å². The molecule has 2 aromatic heterocycles. The third-order valence-corrected chi connectivity index (χ3v) is 3.65. The van der Waals surface area contributed by atoms with Crippen molar-refractivity contribution < 1.29 is 32.2 Å². The van der Waals surface area contributed by atoms with Crippen LogP contribution in [0.25, 0.3) is 5.69 Å². The van der Waals surface area contributed by atoms with E-state index in [4.69, 9.17) is 15.2 Å². The fourth-order valence-electron chi connectivity index (χ4n) is 2.33. The summed E-state index contributed by atoms with van der Waals surface area (Å²) in [5, 5.41) is 7.72. The molecule has 10 nitrogen and oxygen atoms in total. The second-order valence-electron chi connectivity index (χ2n) is 5.78. The fraction of sp³-hybridized carbons (Fsp3) is 0.235. The van der Waals surface area contributed by atoms with Gasteiger partial charge in [-0.2, -0.15) is 13.8 Å². The smallest absolute Gasteiger partial charge is 0.405 e. The molecular weight excluding hydrogens is 409 g/mol. The maximum absolute atomic E-state index is 13.5. The number of amides is 1. The molecule has 158 valence electrons. The first-order chi connectivity index (χ1) is 14.3. The van der Waals surface area contributed by atoms with Crippen molar-refractivity contribution in [2.45, 2.75) is 26.2 Å². The summed E-state index contributed by atoms with van der Waals surface area (Å²) in [6, 6.07) is 4.88. The van der Waals surface area contributed by atoms with E-state index < -0.39 is 30.4 Å².